The van der Waals surface area contributed by atoms with E-state index in [1.807, 2.05) is 72.2 Å². The molecule has 6 nitrogen and oxygen atoms in total. The van der Waals surface area contributed by atoms with Gasteiger partial charge in [-0.3, -0.25) is 9.59 Å². The molecule has 6 heteroatoms. The highest BCUT2D eigenvalue weighted by Crippen LogP contribution is 2.24. The van der Waals surface area contributed by atoms with Crippen LogP contribution in [0.2, 0.25) is 0 Å². The van der Waals surface area contributed by atoms with Gasteiger partial charge in [-0.1, -0.05) is 24.3 Å². The van der Waals surface area contributed by atoms with E-state index in [-0.39, 0.29) is 11.8 Å². The highest BCUT2D eigenvalue weighted by Gasteiger charge is 2.22. The van der Waals surface area contributed by atoms with Gasteiger partial charge in [0.05, 0.1) is 5.69 Å². The summed E-state index contributed by atoms with van der Waals surface area (Å²) in [5.41, 5.74) is 5.92. The predicted octanol–water partition coefficient (Wildman–Crippen LogP) is 4.69. The zero-order chi connectivity index (χ0) is 21.4. The maximum absolute atomic E-state index is 12.7. The number of aromatic nitrogens is 2. The summed E-state index contributed by atoms with van der Waals surface area (Å²) in [7, 11) is 0. The summed E-state index contributed by atoms with van der Waals surface area (Å²) in [6.07, 6.45) is 5.40. The molecule has 0 radical (unpaired) electrons. The van der Waals surface area contributed by atoms with Crippen molar-refractivity contribution >= 4 is 28.8 Å². The molecule has 3 heterocycles. The van der Waals surface area contributed by atoms with Gasteiger partial charge >= 0.3 is 0 Å². The lowest BCUT2D eigenvalue weighted by atomic mass is 10.1. The Balaban J connectivity index is 1.33. The Bertz CT molecular complexity index is 1290. The molecule has 5 rings (SSSR count). The van der Waals surface area contributed by atoms with Gasteiger partial charge in [-0.25, -0.2) is 4.98 Å². The number of carbonyl (C=O) groups excluding carboxylic acids is 2. The van der Waals surface area contributed by atoms with Crippen molar-refractivity contribution in [2.75, 3.05) is 16.8 Å². The maximum Gasteiger partial charge on any atom is 0.255 e. The summed E-state index contributed by atoms with van der Waals surface area (Å²) in [6, 6.07) is 18.9. The number of nitrogens with zero attached hydrogens (tertiary/aromatic N) is 3. The van der Waals surface area contributed by atoms with Gasteiger partial charge in [0, 0.05) is 47.9 Å². The lowest BCUT2D eigenvalue weighted by Crippen LogP contribution is -2.24. The fraction of sp³-hybridized carbons (Fsp3) is 0.160. The normalized spacial score (nSPS) is 13.7. The largest absolute Gasteiger partial charge is 0.322 e. The molecule has 1 saturated heterocycles. The molecule has 0 bridgehead atoms. The van der Waals surface area contributed by atoms with Crippen molar-refractivity contribution in [3.05, 3.63) is 84.2 Å². The van der Waals surface area contributed by atoms with Gasteiger partial charge in [-0.05, 0) is 55.3 Å². The number of nitrogens with one attached hydrogen (secondary N) is 1. The van der Waals surface area contributed by atoms with Crippen LogP contribution in [0.15, 0.2) is 73.1 Å². The second kappa shape index (κ2) is 7.72. The summed E-state index contributed by atoms with van der Waals surface area (Å²) in [5, 5.41) is 2.93. The third-order valence-electron chi connectivity index (χ3n) is 5.61. The van der Waals surface area contributed by atoms with E-state index in [1.54, 1.807) is 17.0 Å². The number of aryl methyl sites for hydroxylation is 1. The van der Waals surface area contributed by atoms with Crippen LogP contribution in [-0.2, 0) is 4.79 Å². The molecule has 0 aliphatic carbocycles. The van der Waals surface area contributed by atoms with Crippen molar-refractivity contribution in [2.24, 2.45) is 0 Å². The average Bonchev–Trinajstić information content (AvgIpc) is 3.41. The Hall–Kier alpha value is -3.93. The summed E-state index contributed by atoms with van der Waals surface area (Å²) in [5.74, 6) is -0.0973. The second-order valence-electron chi connectivity index (χ2n) is 7.78. The van der Waals surface area contributed by atoms with E-state index >= 15 is 0 Å². The fourth-order valence-corrected chi connectivity index (χ4v) is 3.96. The lowest BCUT2D eigenvalue weighted by molar-refractivity contribution is -0.117. The number of carbonyl (C=O) groups is 2. The number of anilines is 2. The molecule has 31 heavy (non-hydrogen) atoms. The Kier molecular flexibility index (Phi) is 4.75. The highest BCUT2D eigenvalue weighted by molar-refractivity contribution is 6.05. The predicted molar refractivity (Wildman–Crippen MR) is 121 cm³/mol. The van der Waals surface area contributed by atoms with Crippen LogP contribution in [-0.4, -0.2) is 27.7 Å². The molecule has 1 N–H and O–H groups in total. The molecule has 2 amide bonds. The van der Waals surface area contributed by atoms with Crippen molar-refractivity contribution in [1.29, 1.82) is 0 Å². The summed E-state index contributed by atoms with van der Waals surface area (Å²) in [4.78, 5) is 31.2. The molecule has 1 aliphatic heterocycles. The molecular formula is C25H22N4O2. The summed E-state index contributed by atoms with van der Waals surface area (Å²) in [6.45, 7) is 2.74. The first-order valence-corrected chi connectivity index (χ1v) is 10.3. The SMILES string of the molecule is Cc1cccn2cc(-c3ccc(NC(=O)c4cccc(N5CCCC5=O)c4)cc3)nc12. The van der Waals surface area contributed by atoms with Gasteiger partial charge in [0.15, 0.2) is 0 Å². The number of amides is 2. The van der Waals surface area contributed by atoms with Crippen LogP contribution in [0.1, 0.15) is 28.8 Å². The van der Waals surface area contributed by atoms with E-state index in [0.29, 0.717) is 24.2 Å². The van der Waals surface area contributed by atoms with E-state index in [2.05, 4.69) is 5.32 Å². The molecule has 2 aromatic heterocycles. The van der Waals surface area contributed by atoms with E-state index < -0.39 is 0 Å². The van der Waals surface area contributed by atoms with Crippen LogP contribution in [0.4, 0.5) is 11.4 Å². The van der Waals surface area contributed by atoms with Crippen LogP contribution in [0.5, 0.6) is 0 Å². The molecule has 0 spiro atoms. The molecule has 1 aliphatic rings. The smallest absolute Gasteiger partial charge is 0.255 e. The minimum Gasteiger partial charge on any atom is -0.322 e. The number of imidazole rings is 1. The summed E-state index contributed by atoms with van der Waals surface area (Å²) < 4.78 is 2.01. The Morgan fingerprint density at radius 2 is 1.90 bits per heavy atom. The van der Waals surface area contributed by atoms with Crippen LogP contribution in [0.25, 0.3) is 16.9 Å². The van der Waals surface area contributed by atoms with Crippen molar-refractivity contribution in [3.63, 3.8) is 0 Å². The standard InChI is InChI=1S/C25H22N4O2/c1-17-5-3-13-28-16-22(27-24(17)28)18-9-11-20(12-10-18)26-25(31)19-6-2-7-21(15-19)29-14-4-8-23(29)30/h2-3,5-7,9-13,15-16H,4,8,14H2,1H3,(H,26,31). The molecule has 4 aromatic rings. The van der Waals surface area contributed by atoms with Gasteiger partial charge in [0.2, 0.25) is 5.91 Å². The van der Waals surface area contributed by atoms with Crippen molar-refractivity contribution in [2.45, 2.75) is 19.8 Å². The third kappa shape index (κ3) is 3.68. The molecule has 1 fully saturated rings. The Morgan fingerprint density at radius 3 is 2.65 bits per heavy atom. The van der Waals surface area contributed by atoms with E-state index in [1.165, 1.54) is 0 Å². The Morgan fingerprint density at radius 1 is 1.06 bits per heavy atom. The van der Waals surface area contributed by atoms with Gasteiger partial charge in [-0.2, -0.15) is 0 Å². The molecule has 0 unspecified atom stereocenters. The molecular weight excluding hydrogens is 388 g/mol. The number of rotatable bonds is 4. The number of hydrogen-bond donors (Lipinski definition) is 1. The average molecular weight is 410 g/mol. The number of benzene rings is 2. The van der Waals surface area contributed by atoms with Gasteiger partial charge in [0.25, 0.3) is 5.91 Å². The topological polar surface area (TPSA) is 66.7 Å². The molecule has 154 valence electrons. The zero-order valence-electron chi connectivity index (χ0n) is 17.2. The third-order valence-corrected chi connectivity index (χ3v) is 5.61. The minimum atomic E-state index is -0.204. The first-order valence-electron chi connectivity index (χ1n) is 10.3. The second-order valence-corrected chi connectivity index (χ2v) is 7.78. The number of hydrogen-bond acceptors (Lipinski definition) is 3. The van der Waals surface area contributed by atoms with Crippen LogP contribution < -0.4 is 10.2 Å². The zero-order valence-corrected chi connectivity index (χ0v) is 17.2. The van der Waals surface area contributed by atoms with Crippen LogP contribution in [0, 0.1) is 6.92 Å². The highest BCUT2D eigenvalue weighted by atomic mass is 16.2. The van der Waals surface area contributed by atoms with Crippen molar-refractivity contribution in [3.8, 4) is 11.3 Å². The summed E-state index contributed by atoms with van der Waals surface area (Å²) >= 11 is 0. The maximum atomic E-state index is 12.7. The van der Waals surface area contributed by atoms with Crippen LogP contribution in [0.3, 0.4) is 0 Å². The van der Waals surface area contributed by atoms with Crippen molar-refractivity contribution < 1.29 is 9.59 Å². The first kappa shape index (κ1) is 19.1. The molecule has 0 saturated carbocycles. The van der Waals surface area contributed by atoms with Gasteiger partial charge in [-0.15, -0.1) is 0 Å². The van der Waals surface area contributed by atoms with E-state index in [4.69, 9.17) is 4.98 Å². The molecule has 0 atom stereocenters. The first-order chi connectivity index (χ1) is 15.1. The van der Waals surface area contributed by atoms with Gasteiger partial charge < -0.3 is 14.6 Å². The van der Waals surface area contributed by atoms with E-state index in [9.17, 15) is 9.59 Å². The molecule has 2 aromatic carbocycles. The Labute approximate surface area is 180 Å². The van der Waals surface area contributed by atoms with Crippen molar-refractivity contribution in [1.82, 2.24) is 9.38 Å². The lowest BCUT2D eigenvalue weighted by Gasteiger charge is -2.16. The monoisotopic (exact) mass is 410 g/mol. The number of pyridine rings is 1. The van der Waals surface area contributed by atoms with Gasteiger partial charge in [0.1, 0.15) is 5.65 Å². The van der Waals surface area contributed by atoms with Crippen LogP contribution >= 0.6 is 0 Å². The number of fused-ring (bicyclic) bond motifs is 1. The van der Waals surface area contributed by atoms with E-state index in [0.717, 1.165) is 34.6 Å². The fourth-order valence-electron chi connectivity index (χ4n) is 3.96. The quantitative estimate of drug-likeness (QED) is 0.531. The minimum absolute atomic E-state index is 0.107.